The summed E-state index contributed by atoms with van der Waals surface area (Å²) < 4.78 is 17.9. The zero-order chi connectivity index (χ0) is 22.0. The Morgan fingerprint density at radius 3 is 2.52 bits per heavy atom. The number of hydrogen-bond donors (Lipinski definition) is 1. The summed E-state index contributed by atoms with van der Waals surface area (Å²) in [6, 6.07) is 16.4. The van der Waals surface area contributed by atoms with Gasteiger partial charge < -0.3 is 5.11 Å². The molecule has 0 saturated carbocycles. The molecule has 31 heavy (non-hydrogen) atoms. The molecule has 3 aromatic rings. The van der Waals surface area contributed by atoms with Crippen LogP contribution in [-0.2, 0) is 20.0 Å². The number of para-hydroxylation sites is 1. The van der Waals surface area contributed by atoms with Crippen LogP contribution in [0.15, 0.2) is 59.4 Å². The Labute approximate surface area is 182 Å². The highest BCUT2D eigenvalue weighted by Crippen LogP contribution is 2.34. The summed E-state index contributed by atoms with van der Waals surface area (Å²) in [7, 11) is 1.90. The minimum absolute atomic E-state index is 0.000145. The van der Waals surface area contributed by atoms with Crippen molar-refractivity contribution in [2.24, 2.45) is 12.5 Å². The van der Waals surface area contributed by atoms with Gasteiger partial charge in [-0.25, -0.2) is 9.07 Å². The molecule has 0 unspecified atom stereocenters. The minimum Gasteiger partial charge on any atom is -0.396 e. The molecule has 0 bridgehead atoms. The SMILES string of the molecule is Cc1c(CN2CCC[C@@](CO)(Cc3ccccc3F)C2)c(=O)n(-c2ccccc2)n1C. The van der Waals surface area contributed by atoms with E-state index in [1.807, 2.05) is 55.1 Å². The van der Waals surface area contributed by atoms with Gasteiger partial charge in [0, 0.05) is 31.2 Å². The van der Waals surface area contributed by atoms with Crippen molar-refractivity contribution in [3.8, 4) is 5.69 Å². The topological polar surface area (TPSA) is 50.4 Å². The number of aliphatic hydroxyl groups excluding tert-OH is 1. The molecule has 5 nitrogen and oxygen atoms in total. The molecular formula is C25H30FN3O2. The van der Waals surface area contributed by atoms with Gasteiger partial charge in [-0.15, -0.1) is 0 Å². The normalized spacial score (nSPS) is 19.6. The summed E-state index contributed by atoms with van der Waals surface area (Å²) in [5.41, 5.74) is 2.77. The maximum Gasteiger partial charge on any atom is 0.276 e. The van der Waals surface area contributed by atoms with Crippen molar-refractivity contribution in [3.05, 3.63) is 87.6 Å². The second kappa shape index (κ2) is 8.81. The summed E-state index contributed by atoms with van der Waals surface area (Å²) >= 11 is 0. The van der Waals surface area contributed by atoms with Gasteiger partial charge in [-0.3, -0.25) is 14.4 Å². The average Bonchev–Trinajstić information content (AvgIpc) is 2.99. The molecule has 0 aliphatic carbocycles. The van der Waals surface area contributed by atoms with Crippen LogP contribution in [0.25, 0.3) is 5.69 Å². The van der Waals surface area contributed by atoms with Gasteiger partial charge in [-0.05, 0) is 56.5 Å². The van der Waals surface area contributed by atoms with Gasteiger partial charge in [0.25, 0.3) is 5.56 Å². The number of likely N-dealkylation sites (tertiary alicyclic amines) is 1. The number of aliphatic hydroxyl groups is 1. The number of piperidine rings is 1. The van der Waals surface area contributed by atoms with Crippen molar-refractivity contribution >= 4 is 0 Å². The highest BCUT2D eigenvalue weighted by molar-refractivity contribution is 5.33. The molecule has 1 atom stereocenters. The Bertz CT molecular complexity index is 1110. The first-order valence-corrected chi connectivity index (χ1v) is 10.8. The van der Waals surface area contributed by atoms with E-state index in [1.165, 1.54) is 6.07 Å². The van der Waals surface area contributed by atoms with E-state index in [1.54, 1.807) is 16.8 Å². The van der Waals surface area contributed by atoms with Crippen LogP contribution in [0.4, 0.5) is 4.39 Å². The van der Waals surface area contributed by atoms with Crippen molar-refractivity contribution in [3.63, 3.8) is 0 Å². The summed E-state index contributed by atoms with van der Waals surface area (Å²) in [5, 5.41) is 10.3. The number of rotatable bonds is 6. The molecule has 1 saturated heterocycles. The Balaban J connectivity index is 1.59. The summed E-state index contributed by atoms with van der Waals surface area (Å²) in [6.45, 7) is 3.99. The fraction of sp³-hybridized carbons (Fsp3) is 0.400. The molecule has 0 amide bonds. The second-order valence-corrected chi connectivity index (χ2v) is 8.78. The van der Waals surface area contributed by atoms with Crippen LogP contribution in [0.2, 0.25) is 0 Å². The molecule has 1 aliphatic rings. The molecule has 1 fully saturated rings. The van der Waals surface area contributed by atoms with Crippen molar-refractivity contribution in [1.29, 1.82) is 0 Å². The Morgan fingerprint density at radius 2 is 1.81 bits per heavy atom. The molecule has 1 N–H and O–H groups in total. The Morgan fingerprint density at radius 1 is 1.10 bits per heavy atom. The van der Waals surface area contributed by atoms with Crippen molar-refractivity contribution in [1.82, 2.24) is 14.3 Å². The van der Waals surface area contributed by atoms with E-state index in [0.29, 0.717) is 25.1 Å². The van der Waals surface area contributed by atoms with Gasteiger partial charge in [0.05, 0.1) is 17.9 Å². The molecule has 2 aromatic carbocycles. The lowest BCUT2D eigenvalue weighted by atomic mass is 9.75. The predicted molar refractivity (Wildman–Crippen MR) is 120 cm³/mol. The quantitative estimate of drug-likeness (QED) is 0.661. The van der Waals surface area contributed by atoms with E-state index in [4.69, 9.17) is 0 Å². The van der Waals surface area contributed by atoms with Crippen LogP contribution in [-0.4, -0.2) is 39.1 Å². The second-order valence-electron chi connectivity index (χ2n) is 8.78. The first-order valence-electron chi connectivity index (χ1n) is 10.8. The molecule has 4 rings (SSSR count). The average molecular weight is 424 g/mol. The first-order chi connectivity index (χ1) is 14.9. The lowest BCUT2D eigenvalue weighted by Gasteiger charge is -2.42. The van der Waals surface area contributed by atoms with E-state index in [0.717, 1.165) is 36.3 Å². The number of hydrogen-bond acceptors (Lipinski definition) is 3. The summed E-state index contributed by atoms with van der Waals surface area (Å²) in [4.78, 5) is 15.5. The van der Waals surface area contributed by atoms with Gasteiger partial charge in [0.2, 0.25) is 0 Å². The molecule has 0 radical (unpaired) electrons. The van der Waals surface area contributed by atoms with Crippen LogP contribution in [0, 0.1) is 18.2 Å². The van der Waals surface area contributed by atoms with Crippen LogP contribution in [0.1, 0.15) is 29.7 Å². The van der Waals surface area contributed by atoms with E-state index in [-0.39, 0.29) is 18.0 Å². The molecule has 2 heterocycles. The smallest absolute Gasteiger partial charge is 0.276 e. The van der Waals surface area contributed by atoms with E-state index in [9.17, 15) is 14.3 Å². The van der Waals surface area contributed by atoms with Gasteiger partial charge in [-0.1, -0.05) is 36.4 Å². The Kier molecular flexibility index (Phi) is 6.12. The van der Waals surface area contributed by atoms with Crippen LogP contribution >= 0.6 is 0 Å². The predicted octanol–water partition coefficient (Wildman–Crippen LogP) is 3.44. The zero-order valence-electron chi connectivity index (χ0n) is 18.2. The number of benzene rings is 2. The molecule has 1 aromatic heterocycles. The van der Waals surface area contributed by atoms with Crippen molar-refractivity contribution in [2.75, 3.05) is 19.7 Å². The molecule has 1 aliphatic heterocycles. The Hall–Kier alpha value is -2.70. The van der Waals surface area contributed by atoms with Crippen LogP contribution in [0.5, 0.6) is 0 Å². The third-order valence-corrected chi connectivity index (χ3v) is 6.65. The lowest BCUT2D eigenvalue weighted by Crippen LogP contribution is -2.46. The first kappa shape index (κ1) is 21.5. The van der Waals surface area contributed by atoms with E-state index >= 15 is 0 Å². The highest BCUT2D eigenvalue weighted by atomic mass is 19.1. The van der Waals surface area contributed by atoms with E-state index in [2.05, 4.69) is 4.90 Å². The zero-order valence-corrected chi connectivity index (χ0v) is 18.2. The molecule has 164 valence electrons. The van der Waals surface area contributed by atoms with Crippen molar-refractivity contribution in [2.45, 2.75) is 32.7 Å². The van der Waals surface area contributed by atoms with Gasteiger partial charge in [-0.2, -0.15) is 0 Å². The monoisotopic (exact) mass is 423 g/mol. The minimum atomic E-state index is -0.401. The maximum atomic E-state index is 14.3. The highest BCUT2D eigenvalue weighted by Gasteiger charge is 2.36. The van der Waals surface area contributed by atoms with Gasteiger partial charge in [0.1, 0.15) is 5.82 Å². The van der Waals surface area contributed by atoms with Crippen molar-refractivity contribution < 1.29 is 9.50 Å². The third kappa shape index (κ3) is 4.23. The largest absolute Gasteiger partial charge is 0.396 e. The van der Waals surface area contributed by atoms with Crippen LogP contribution < -0.4 is 5.56 Å². The fourth-order valence-electron chi connectivity index (χ4n) is 4.85. The van der Waals surface area contributed by atoms with E-state index < -0.39 is 5.41 Å². The van der Waals surface area contributed by atoms with Crippen LogP contribution in [0.3, 0.4) is 0 Å². The molecule has 6 heteroatoms. The lowest BCUT2D eigenvalue weighted by molar-refractivity contribution is 0.0281. The maximum absolute atomic E-state index is 14.3. The fourth-order valence-corrected chi connectivity index (χ4v) is 4.85. The summed E-state index contributed by atoms with van der Waals surface area (Å²) in [5.74, 6) is -0.225. The molecule has 0 spiro atoms. The number of aromatic nitrogens is 2. The van der Waals surface area contributed by atoms with Gasteiger partial charge >= 0.3 is 0 Å². The number of nitrogens with zero attached hydrogens (tertiary/aromatic N) is 3. The summed E-state index contributed by atoms with van der Waals surface area (Å²) in [6.07, 6.45) is 2.25. The number of halogens is 1. The van der Waals surface area contributed by atoms with Gasteiger partial charge in [0.15, 0.2) is 0 Å². The third-order valence-electron chi connectivity index (χ3n) is 6.65. The molecular weight excluding hydrogens is 393 g/mol. The standard InChI is InChI=1S/C25H30FN3O2/c1-19-22(24(31)29(27(19)2)21-10-4-3-5-11-21)16-28-14-8-13-25(17-28,18-30)15-20-9-6-7-12-23(20)26/h3-7,9-12,30H,8,13-18H2,1-2H3/t25-/m1/s1.